The molecule has 0 spiro atoms. The van der Waals surface area contributed by atoms with Gasteiger partial charge in [0.1, 0.15) is 35.4 Å². The van der Waals surface area contributed by atoms with E-state index in [1.807, 2.05) is 44.2 Å². The molecule has 176 valence electrons. The first-order valence-corrected chi connectivity index (χ1v) is 11.2. The summed E-state index contributed by atoms with van der Waals surface area (Å²) in [5, 5.41) is 13.5. The minimum absolute atomic E-state index is 0.0823. The first kappa shape index (κ1) is 22.8. The predicted octanol–water partition coefficient (Wildman–Crippen LogP) is 5.22. The molecule has 4 aromatic heterocycles. The van der Waals surface area contributed by atoms with Crippen LogP contribution in [-0.2, 0) is 0 Å². The third kappa shape index (κ3) is 4.05. The normalized spacial score (nSPS) is 11.7. The molecule has 0 unspecified atom stereocenters. The van der Waals surface area contributed by atoms with Crippen LogP contribution in [0.25, 0.3) is 33.4 Å². The van der Waals surface area contributed by atoms with E-state index in [9.17, 15) is 9.65 Å². The number of halogens is 1. The van der Waals surface area contributed by atoms with Crippen molar-refractivity contribution in [3.05, 3.63) is 89.9 Å². The molecule has 0 saturated carbocycles. The Hall–Kier alpha value is -4.97. The van der Waals surface area contributed by atoms with Crippen LogP contribution in [0.1, 0.15) is 29.8 Å². The molecule has 0 fully saturated rings. The quantitative estimate of drug-likeness (QED) is 0.353. The number of hydrogen-bond acceptors (Lipinski definition) is 8. The van der Waals surface area contributed by atoms with E-state index in [0.717, 1.165) is 11.1 Å². The van der Waals surface area contributed by atoms with Gasteiger partial charge in [-0.15, -0.1) is 0 Å². The van der Waals surface area contributed by atoms with Crippen molar-refractivity contribution in [3.8, 4) is 28.6 Å². The maximum Gasteiger partial charge on any atom is 0.150 e. The first-order chi connectivity index (χ1) is 17.5. The van der Waals surface area contributed by atoms with Crippen LogP contribution in [-0.4, -0.2) is 24.9 Å². The minimum Gasteiger partial charge on any atom is -0.382 e. The van der Waals surface area contributed by atoms with Gasteiger partial charge < -0.3 is 11.1 Å². The van der Waals surface area contributed by atoms with Gasteiger partial charge in [-0.1, -0.05) is 12.1 Å². The van der Waals surface area contributed by atoms with E-state index in [4.69, 9.17) is 10.7 Å². The van der Waals surface area contributed by atoms with E-state index in [1.54, 1.807) is 18.5 Å². The van der Waals surface area contributed by atoms with Gasteiger partial charge in [0, 0.05) is 28.9 Å². The topological polar surface area (TPSA) is 126 Å². The molecule has 36 heavy (non-hydrogen) atoms. The van der Waals surface area contributed by atoms with Gasteiger partial charge in [0.15, 0.2) is 0 Å². The SMILES string of the molecule is Cc1cccnc1-c1c(-c2ccccn2)c([C@H](C)Nc2ncnc(N)c2C#N)nc2ccc(F)cc12. The van der Waals surface area contributed by atoms with Crippen LogP contribution < -0.4 is 11.1 Å². The summed E-state index contributed by atoms with van der Waals surface area (Å²) in [6, 6.07) is 15.5. The van der Waals surface area contributed by atoms with Crippen molar-refractivity contribution in [1.29, 1.82) is 5.26 Å². The molecule has 0 amide bonds. The van der Waals surface area contributed by atoms with Crippen LogP contribution in [0.5, 0.6) is 0 Å². The molecule has 9 heteroatoms. The van der Waals surface area contributed by atoms with Gasteiger partial charge in [0.25, 0.3) is 0 Å². The summed E-state index contributed by atoms with van der Waals surface area (Å²) < 4.78 is 14.5. The molecule has 0 aliphatic heterocycles. The average Bonchev–Trinajstić information content (AvgIpc) is 2.89. The van der Waals surface area contributed by atoms with Gasteiger partial charge in [-0.05, 0) is 55.8 Å². The second-order valence-electron chi connectivity index (χ2n) is 8.25. The highest BCUT2D eigenvalue weighted by Gasteiger charge is 2.25. The highest BCUT2D eigenvalue weighted by Crippen LogP contribution is 2.41. The van der Waals surface area contributed by atoms with Gasteiger partial charge in [-0.3, -0.25) is 9.97 Å². The van der Waals surface area contributed by atoms with Crippen molar-refractivity contribution in [2.24, 2.45) is 0 Å². The molecule has 0 bridgehead atoms. The van der Waals surface area contributed by atoms with E-state index in [1.165, 1.54) is 18.5 Å². The van der Waals surface area contributed by atoms with Gasteiger partial charge in [0.05, 0.1) is 28.6 Å². The van der Waals surface area contributed by atoms with Crippen LogP contribution in [0.3, 0.4) is 0 Å². The van der Waals surface area contributed by atoms with Crippen LogP contribution in [0, 0.1) is 24.1 Å². The Balaban J connectivity index is 1.83. The zero-order valence-corrected chi connectivity index (χ0v) is 19.6. The van der Waals surface area contributed by atoms with Gasteiger partial charge in [-0.2, -0.15) is 5.26 Å². The molecule has 0 aliphatic carbocycles. The molecule has 1 aromatic carbocycles. The average molecular weight is 477 g/mol. The number of nitriles is 1. The van der Waals surface area contributed by atoms with Crippen molar-refractivity contribution in [3.63, 3.8) is 0 Å². The Labute approximate surface area is 206 Å². The lowest BCUT2D eigenvalue weighted by atomic mass is 9.91. The predicted molar refractivity (Wildman–Crippen MR) is 136 cm³/mol. The van der Waals surface area contributed by atoms with E-state index in [-0.39, 0.29) is 17.2 Å². The van der Waals surface area contributed by atoms with Gasteiger partial charge >= 0.3 is 0 Å². The standard InChI is InChI=1S/C27H21FN8/c1-15-6-5-11-32-24(15)22-18-12-17(28)8-9-20(18)36-25(23(22)21-7-3-4-10-31-21)16(2)35-27-19(13-29)26(30)33-14-34-27/h3-12,14,16H,1-2H3,(H3,30,33,34,35)/t16-/m0/s1. The number of nitrogens with zero attached hydrogens (tertiary/aromatic N) is 6. The number of aryl methyl sites for hydroxylation is 1. The fourth-order valence-electron chi connectivity index (χ4n) is 4.22. The number of nitrogen functional groups attached to an aromatic ring is 1. The lowest BCUT2D eigenvalue weighted by Crippen LogP contribution is -2.15. The molecule has 0 saturated heterocycles. The molecule has 0 radical (unpaired) electrons. The second-order valence-corrected chi connectivity index (χ2v) is 8.25. The summed E-state index contributed by atoms with van der Waals surface area (Å²) in [6.07, 6.45) is 4.70. The fourth-order valence-corrected chi connectivity index (χ4v) is 4.22. The van der Waals surface area contributed by atoms with Crippen molar-refractivity contribution in [2.75, 3.05) is 11.1 Å². The number of nitrogens with two attached hydrogens (primary N) is 1. The Kier molecular flexibility index (Phi) is 5.92. The molecule has 0 aliphatic rings. The number of hydrogen-bond donors (Lipinski definition) is 2. The third-order valence-electron chi connectivity index (χ3n) is 5.89. The van der Waals surface area contributed by atoms with Crippen LogP contribution in [0.2, 0.25) is 0 Å². The first-order valence-electron chi connectivity index (χ1n) is 11.2. The lowest BCUT2D eigenvalue weighted by Gasteiger charge is -2.22. The van der Waals surface area contributed by atoms with Gasteiger partial charge in [-0.25, -0.2) is 19.3 Å². The Morgan fingerprint density at radius 1 is 1.00 bits per heavy atom. The van der Waals surface area contributed by atoms with Crippen molar-refractivity contribution in [1.82, 2.24) is 24.9 Å². The number of aromatic nitrogens is 5. The number of rotatable bonds is 5. The monoisotopic (exact) mass is 476 g/mol. The maximum absolute atomic E-state index is 14.5. The lowest BCUT2D eigenvalue weighted by molar-refractivity contribution is 0.629. The van der Waals surface area contributed by atoms with E-state index in [2.05, 4.69) is 31.3 Å². The number of pyridine rings is 3. The Morgan fingerprint density at radius 3 is 2.58 bits per heavy atom. The zero-order valence-electron chi connectivity index (χ0n) is 19.6. The number of fused-ring (bicyclic) bond motifs is 1. The Bertz CT molecular complexity index is 1630. The van der Waals surface area contributed by atoms with Crippen molar-refractivity contribution < 1.29 is 4.39 Å². The van der Waals surface area contributed by atoms with Crippen LogP contribution in [0.15, 0.2) is 67.3 Å². The largest absolute Gasteiger partial charge is 0.382 e. The Morgan fingerprint density at radius 2 is 1.83 bits per heavy atom. The summed E-state index contributed by atoms with van der Waals surface area (Å²) in [5.41, 5.74) is 11.0. The maximum atomic E-state index is 14.5. The fraction of sp³-hybridized carbons (Fsp3) is 0.111. The zero-order chi connectivity index (χ0) is 25.2. The van der Waals surface area contributed by atoms with E-state index >= 15 is 0 Å². The molecule has 1 atom stereocenters. The molecule has 3 N–H and O–H groups in total. The van der Waals surface area contributed by atoms with E-state index in [0.29, 0.717) is 39.4 Å². The number of benzene rings is 1. The van der Waals surface area contributed by atoms with Crippen LogP contribution in [0.4, 0.5) is 16.0 Å². The summed E-state index contributed by atoms with van der Waals surface area (Å²) in [5.74, 6) is 0.0000802. The number of anilines is 2. The van der Waals surface area contributed by atoms with Crippen molar-refractivity contribution in [2.45, 2.75) is 19.9 Å². The van der Waals surface area contributed by atoms with Crippen LogP contribution >= 0.6 is 0 Å². The molecule has 5 rings (SSSR count). The molecule has 4 heterocycles. The smallest absolute Gasteiger partial charge is 0.150 e. The van der Waals surface area contributed by atoms with Crippen molar-refractivity contribution >= 4 is 22.5 Å². The molecular weight excluding hydrogens is 455 g/mol. The highest BCUT2D eigenvalue weighted by molar-refractivity contribution is 6.02. The summed E-state index contributed by atoms with van der Waals surface area (Å²) in [7, 11) is 0. The number of nitrogens with one attached hydrogen (secondary N) is 1. The highest BCUT2D eigenvalue weighted by atomic mass is 19.1. The third-order valence-corrected chi connectivity index (χ3v) is 5.89. The molecule has 5 aromatic rings. The minimum atomic E-state index is -0.444. The molecular formula is C27H21FN8. The summed E-state index contributed by atoms with van der Waals surface area (Å²) in [6.45, 7) is 3.86. The molecule has 8 nitrogen and oxygen atoms in total. The summed E-state index contributed by atoms with van der Waals surface area (Å²) in [4.78, 5) is 22.3. The summed E-state index contributed by atoms with van der Waals surface area (Å²) >= 11 is 0. The van der Waals surface area contributed by atoms with Gasteiger partial charge in [0.2, 0.25) is 0 Å². The van der Waals surface area contributed by atoms with E-state index < -0.39 is 6.04 Å². The second kappa shape index (κ2) is 9.35.